The molecule has 0 bridgehead atoms. The normalized spacial score (nSPS) is 26.6. The molecule has 80 valence electrons. The van der Waals surface area contributed by atoms with Gasteiger partial charge in [0, 0.05) is 11.3 Å². The molecule has 1 saturated heterocycles. The quantitative estimate of drug-likeness (QED) is 0.769. The van der Waals surface area contributed by atoms with E-state index in [2.05, 4.69) is 12.1 Å². The Morgan fingerprint density at radius 1 is 1.33 bits per heavy atom. The molecular formula is C12H14O2S. The van der Waals surface area contributed by atoms with Crippen LogP contribution in [0.1, 0.15) is 19.8 Å². The summed E-state index contributed by atoms with van der Waals surface area (Å²) in [5, 5.41) is 0. The number of rotatable bonds is 2. The van der Waals surface area contributed by atoms with Crippen molar-refractivity contribution in [1.82, 2.24) is 0 Å². The van der Waals surface area contributed by atoms with Crippen LogP contribution in [0.25, 0.3) is 0 Å². The first kappa shape index (κ1) is 10.7. The number of Topliss-reactive ketones (excluding diaryl/α,β-unsaturated/α-hetero) is 1. The second-order valence-corrected chi connectivity index (χ2v) is 4.88. The number of ketones is 1. The van der Waals surface area contributed by atoms with Crippen molar-refractivity contribution in [2.24, 2.45) is 0 Å². The van der Waals surface area contributed by atoms with E-state index in [1.807, 2.05) is 25.1 Å². The Morgan fingerprint density at radius 3 is 2.73 bits per heavy atom. The third-order valence-corrected chi connectivity index (χ3v) is 3.60. The molecule has 1 aliphatic rings. The summed E-state index contributed by atoms with van der Waals surface area (Å²) in [5.74, 6) is 0.222. The third kappa shape index (κ3) is 2.83. The van der Waals surface area contributed by atoms with E-state index in [9.17, 15) is 4.79 Å². The van der Waals surface area contributed by atoms with Gasteiger partial charge in [-0.1, -0.05) is 30.0 Å². The maximum absolute atomic E-state index is 11.3. The maximum atomic E-state index is 11.3. The van der Waals surface area contributed by atoms with Crippen LogP contribution in [0.2, 0.25) is 0 Å². The molecule has 1 aromatic rings. The molecule has 3 heteroatoms. The molecule has 1 unspecified atom stereocenters. The Bertz CT molecular complexity index is 337. The molecule has 0 radical (unpaired) electrons. The molecule has 1 fully saturated rings. The Labute approximate surface area is 94.0 Å². The maximum Gasteiger partial charge on any atom is 0.161 e. The van der Waals surface area contributed by atoms with Crippen molar-refractivity contribution in [2.45, 2.75) is 36.2 Å². The average Bonchev–Trinajstić information content (AvgIpc) is 2.25. The molecule has 0 amide bonds. The standard InChI is InChI=1S/C12H14O2S/c1-9-11(13)7-8-12(14-9)15-10-5-3-2-4-6-10/h2-6,9,12H,7-8H2,1H3/t9-,12?/m0/s1. The van der Waals surface area contributed by atoms with Crippen LogP contribution in [0.15, 0.2) is 35.2 Å². The largest absolute Gasteiger partial charge is 0.357 e. The fraction of sp³-hybridized carbons (Fsp3) is 0.417. The summed E-state index contributed by atoms with van der Waals surface area (Å²) < 4.78 is 5.62. The molecule has 1 aromatic carbocycles. The third-order valence-electron chi connectivity index (χ3n) is 2.45. The van der Waals surface area contributed by atoms with Gasteiger partial charge in [-0.25, -0.2) is 0 Å². The molecule has 0 saturated carbocycles. The Morgan fingerprint density at radius 2 is 2.07 bits per heavy atom. The summed E-state index contributed by atoms with van der Waals surface area (Å²) in [5.41, 5.74) is 0.125. The van der Waals surface area contributed by atoms with Gasteiger partial charge >= 0.3 is 0 Å². The summed E-state index contributed by atoms with van der Waals surface area (Å²) in [4.78, 5) is 12.5. The predicted octanol–water partition coefficient (Wildman–Crippen LogP) is 2.87. The highest BCUT2D eigenvalue weighted by Gasteiger charge is 2.26. The summed E-state index contributed by atoms with van der Waals surface area (Å²) >= 11 is 1.70. The van der Waals surface area contributed by atoms with Crippen LogP contribution >= 0.6 is 11.8 Å². The van der Waals surface area contributed by atoms with Crippen LogP contribution in [0.3, 0.4) is 0 Å². The van der Waals surface area contributed by atoms with Gasteiger partial charge in [0.1, 0.15) is 11.5 Å². The molecule has 0 spiro atoms. The van der Waals surface area contributed by atoms with Crippen molar-refractivity contribution < 1.29 is 9.53 Å². The molecule has 2 nitrogen and oxygen atoms in total. The number of hydrogen-bond acceptors (Lipinski definition) is 3. The minimum Gasteiger partial charge on any atom is -0.357 e. The fourth-order valence-corrected chi connectivity index (χ4v) is 2.65. The molecule has 2 rings (SSSR count). The monoisotopic (exact) mass is 222 g/mol. The molecule has 0 aromatic heterocycles. The minimum atomic E-state index is -0.236. The van der Waals surface area contributed by atoms with Crippen LogP contribution < -0.4 is 0 Å². The van der Waals surface area contributed by atoms with Crippen LogP contribution in [0, 0.1) is 0 Å². The minimum absolute atomic E-state index is 0.125. The Balaban J connectivity index is 1.94. The molecule has 0 aliphatic carbocycles. The lowest BCUT2D eigenvalue weighted by Crippen LogP contribution is -2.31. The molecule has 15 heavy (non-hydrogen) atoms. The van der Waals surface area contributed by atoms with Crippen LogP contribution in [0.4, 0.5) is 0 Å². The zero-order chi connectivity index (χ0) is 10.7. The van der Waals surface area contributed by atoms with Crippen molar-refractivity contribution in [3.8, 4) is 0 Å². The fourth-order valence-electron chi connectivity index (χ4n) is 1.57. The van der Waals surface area contributed by atoms with Crippen LogP contribution in [-0.2, 0) is 9.53 Å². The molecule has 2 atom stereocenters. The molecule has 1 heterocycles. The summed E-state index contributed by atoms with van der Waals surface area (Å²) in [7, 11) is 0. The average molecular weight is 222 g/mol. The van der Waals surface area contributed by atoms with Gasteiger partial charge < -0.3 is 4.74 Å². The number of ether oxygens (including phenoxy) is 1. The highest BCUT2D eigenvalue weighted by atomic mass is 32.2. The first-order valence-corrected chi connectivity index (χ1v) is 6.03. The number of benzene rings is 1. The number of carbonyl (C=O) groups excluding carboxylic acids is 1. The smallest absolute Gasteiger partial charge is 0.161 e. The van der Waals surface area contributed by atoms with Gasteiger partial charge in [-0.3, -0.25) is 4.79 Å². The van der Waals surface area contributed by atoms with E-state index < -0.39 is 0 Å². The first-order chi connectivity index (χ1) is 7.25. The van der Waals surface area contributed by atoms with E-state index in [0.717, 1.165) is 6.42 Å². The highest BCUT2D eigenvalue weighted by molar-refractivity contribution is 7.99. The van der Waals surface area contributed by atoms with Gasteiger partial charge in [-0.05, 0) is 25.5 Å². The van der Waals surface area contributed by atoms with Gasteiger partial charge in [0.05, 0.1) is 0 Å². The number of thioether (sulfide) groups is 1. The zero-order valence-corrected chi connectivity index (χ0v) is 9.50. The highest BCUT2D eigenvalue weighted by Crippen LogP contribution is 2.30. The topological polar surface area (TPSA) is 26.3 Å². The van der Waals surface area contributed by atoms with Gasteiger partial charge in [-0.15, -0.1) is 0 Å². The van der Waals surface area contributed by atoms with E-state index in [0.29, 0.717) is 6.42 Å². The second-order valence-electron chi connectivity index (χ2n) is 3.64. The molecular weight excluding hydrogens is 208 g/mol. The van der Waals surface area contributed by atoms with E-state index >= 15 is 0 Å². The van der Waals surface area contributed by atoms with Crippen molar-refractivity contribution in [3.63, 3.8) is 0 Å². The summed E-state index contributed by atoms with van der Waals surface area (Å²) in [6, 6.07) is 10.2. The van der Waals surface area contributed by atoms with Crippen molar-refractivity contribution >= 4 is 17.5 Å². The predicted molar refractivity (Wildman–Crippen MR) is 60.9 cm³/mol. The van der Waals surface area contributed by atoms with Crippen LogP contribution in [0.5, 0.6) is 0 Å². The SMILES string of the molecule is C[C@@H]1OC(Sc2ccccc2)CCC1=O. The Kier molecular flexibility index (Phi) is 3.44. The number of carbonyl (C=O) groups is 1. The lowest BCUT2D eigenvalue weighted by atomic mass is 10.1. The van der Waals surface area contributed by atoms with Gasteiger partial charge in [-0.2, -0.15) is 0 Å². The summed E-state index contributed by atoms with van der Waals surface area (Å²) in [6.45, 7) is 1.83. The summed E-state index contributed by atoms with van der Waals surface area (Å²) in [6.07, 6.45) is 1.23. The van der Waals surface area contributed by atoms with E-state index in [1.54, 1.807) is 11.8 Å². The van der Waals surface area contributed by atoms with E-state index in [4.69, 9.17) is 4.74 Å². The van der Waals surface area contributed by atoms with Gasteiger partial charge in [0.15, 0.2) is 5.78 Å². The lowest BCUT2D eigenvalue weighted by molar-refractivity contribution is -0.135. The Hall–Kier alpha value is -0.800. The van der Waals surface area contributed by atoms with Crippen molar-refractivity contribution in [2.75, 3.05) is 0 Å². The van der Waals surface area contributed by atoms with E-state index in [-0.39, 0.29) is 17.3 Å². The molecule has 1 aliphatic heterocycles. The zero-order valence-electron chi connectivity index (χ0n) is 8.68. The van der Waals surface area contributed by atoms with Crippen molar-refractivity contribution in [3.05, 3.63) is 30.3 Å². The lowest BCUT2D eigenvalue weighted by Gasteiger charge is -2.26. The van der Waals surface area contributed by atoms with Gasteiger partial charge in [0.2, 0.25) is 0 Å². The second kappa shape index (κ2) is 4.81. The van der Waals surface area contributed by atoms with Crippen LogP contribution in [-0.4, -0.2) is 17.3 Å². The first-order valence-electron chi connectivity index (χ1n) is 5.15. The van der Waals surface area contributed by atoms with Crippen molar-refractivity contribution in [1.29, 1.82) is 0 Å². The van der Waals surface area contributed by atoms with Gasteiger partial charge in [0.25, 0.3) is 0 Å². The van der Waals surface area contributed by atoms with E-state index in [1.165, 1.54) is 4.90 Å². The number of hydrogen-bond donors (Lipinski definition) is 0. The molecule has 0 N–H and O–H groups in total.